The lowest BCUT2D eigenvalue weighted by molar-refractivity contribution is -0.123. The molecule has 0 N–H and O–H groups in total. The molecule has 7 heteroatoms. The highest BCUT2D eigenvalue weighted by atomic mass is 32.2. The Bertz CT molecular complexity index is 1120. The molecule has 1 aliphatic heterocycles. The molecule has 0 spiro atoms. The van der Waals surface area contributed by atoms with Gasteiger partial charge in [0.05, 0.1) is 11.4 Å². The topological polar surface area (TPSA) is 59.8 Å². The Labute approximate surface area is 177 Å². The fraction of sp³-hybridized carbons (Fsp3) is 0.130. The Kier molecular flexibility index (Phi) is 5.72. The Morgan fingerprint density at radius 2 is 1.90 bits per heavy atom. The van der Waals surface area contributed by atoms with Gasteiger partial charge in [-0.25, -0.2) is 4.39 Å². The molecule has 1 aliphatic rings. The summed E-state index contributed by atoms with van der Waals surface area (Å²) in [6.07, 6.45) is 1.54. The van der Waals surface area contributed by atoms with Crippen molar-refractivity contribution in [2.45, 2.75) is 6.92 Å². The molecule has 2 aromatic carbocycles. The van der Waals surface area contributed by atoms with Gasteiger partial charge >= 0.3 is 0 Å². The smallest absolute Gasteiger partial charge is 0.293 e. The van der Waals surface area contributed by atoms with Crippen molar-refractivity contribution in [1.82, 2.24) is 4.90 Å². The first kappa shape index (κ1) is 20.0. The summed E-state index contributed by atoms with van der Waals surface area (Å²) in [5, 5.41) is -0.343. The van der Waals surface area contributed by atoms with Crippen LogP contribution in [0.25, 0.3) is 17.4 Å². The first-order valence-electron chi connectivity index (χ1n) is 9.30. The standard InChI is InChI=1S/C23H18FNO4S/c1-15-3-2-4-18(13-15)28-12-11-25-22(26)21(30-23(25)27)14-19-9-10-20(29-19)16-5-7-17(24)8-6-16/h2-10,13-14H,11-12H2,1H3/b21-14-. The molecule has 152 valence electrons. The number of rotatable bonds is 6. The van der Waals surface area contributed by atoms with Crippen molar-refractivity contribution >= 4 is 29.0 Å². The number of hydrogen-bond acceptors (Lipinski definition) is 5. The number of ether oxygens (including phenoxy) is 1. The van der Waals surface area contributed by atoms with Gasteiger partial charge in [-0.2, -0.15) is 0 Å². The normalized spacial score (nSPS) is 15.3. The second kappa shape index (κ2) is 8.59. The van der Waals surface area contributed by atoms with Gasteiger partial charge < -0.3 is 9.15 Å². The fourth-order valence-corrected chi connectivity index (χ4v) is 3.83. The molecule has 3 aromatic rings. The SMILES string of the molecule is Cc1cccc(OCCN2C(=O)S/C(=C\c3ccc(-c4ccc(F)cc4)o3)C2=O)c1. The van der Waals surface area contributed by atoms with Gasteiger partial charge in [-0.1, -0.05) is 12.1 Å². The van der Waals surface area contributed by atoms with Gasteiger partial charge in [0.15, 0.2) is 0 Å². The first-order chi connectivity index (χ1) is 14.5. The van der Waals surface area contributed by atoms with E-state index in [0.29, 0.717) is 17.3 Å². The van der Waals surface area contributed by atoms with E-state index in [1.807, 2.05) is 31.2 Å². The van der Waals surface area contributed by atoms with Crippen LogP contribution >= 0.6 is 11.8 Å². The van der Waals surface area contributed by atoms with E-state index >= 15 is 0 Å². The van der Waals surface area contributed by atoms with E-state index in [-0.39, 0.29) is 35.0 Å². The summed E-state index contributed by atoms with van der Waals surface area (Å²) in [7, 11) is 0. The third kappa shape index (κ3) is 4.46. The molecule has 4 rings (SSSR count). The van der Waals surface area contributed by atoms with E-state index in [1.165, 1.54) is 12.1 Å². The fourth-order valence-electron chi connectivity index (χ4n) is 2.98. The number of halogens is 1. The number of carbonyl (C=O) groups is 2. The van der Waals surface area contributed by atoms with Crippen LogP contribution in [-0.2, 0) is 4.79 Å². The van der Waals surface area contributed by atoms with Crippen LogP contribution in [0.3, 0.4) is 0 Å². The molecule has 5 nitrogen and oxygen atoms in total. The zero-order chi connectivity index (χ0) is 21.1. The molecule has 0 bridgehead atoms. The van der Waals surface area contributed by atoms with E-state index < -0.39 is 0 Å². The lowest BCUT2D eigenvalue weighted by Crippen LogP contribution is -2.32. The number of thioether (sulfide) groups is 1. The van der Waals surface area contributed by atoms with E-state index in [9.17, 15) is 14.0 Å². The Morgan fingerprint density at radius 3 is 2.67 bits per heavy atom. The van der Waals surface area contributed by atoms with Gasteiger partial charge in [-0.3, -0.25) is 14.5 Å². The van der Waals surface area contributed by atoms with Crippen molar-refractivity contribution in [3.8, 4) is 17.1 Å². The summed E-state index contributed by atoms with van der Waals surface area (Å²) < 4.78 is 24.4. The van der Waals surface area contributed by atoms with Crippen molar-refractivity contribution in [2.24, 2.45) is 0 Å². The predicted molar refractivity (Wildman–Crippen MR) is 113 cm³/mol. The Hall–Kier alpha value is -3.32. The molecular weight excluding hydrogens is 405 g/mol. The molecule has 1 aromatic heterocycles. The summed E-state index contributed by atoms with van der Waals surface area (Å²) >= 11 is 0.866. The molecule has 0 unspecified atom stereocenters. The van der Waals surface area contributed by atoms with Gasteiger partial charge in [0.25, 0.3) is 11.1 Å². The molecule has 0 radical (unpaired) electrons. The molecule has 0 atom stereocenters. The number of furan rings is 1. The first-order valence-corrected chi connectivity index (χ1v) is 10.1. The third-order valence-electron chi connectivity index (χ3n) is 4.48. The average molecular weight is 423 g/mol. The summed E-state index contributed by atoms with van der Waals surface area (Å²) in [6, 6.07) is 16.9. The minimum absolute atomic E-state index is 0.162. The Balaban J connectivity index is 1.41. The number of hydrogen-bond donors (Lipinski definition) is 0. The van der Waals surface area contributed by atoms with Gasteiger partial charge in [0.1, 0.15) is 29.7 Å². The lowest BCUT2D eigenvalue weighted by atomic mass is 10.2. The quantitative estimate of drug-likeness (QED) is 0.489. The van der Waals surface area contributed by atoms with Crippen LogP contribution in [0, 0.1) is 12.7 Å². The summed E-state index contributed by atoms with van der Waals surface area (Å²) in [6.45, 7) is 2.34. The zero-order valence-electron chi connectivity index (χ0n) is 16.1. The maximum absolute atomic E-state index is 13.1. The average Bonchev–Trinajstić information content (AvgIpc) is 3.29. The number of imide groups is 1. The van der Waals surface area contributed by atoms with Crippen molar-refractivity contribution in [1.29, 1.82) is 0 Å². The van der Waals surface area contributed by atoms with Crippen LogP contribution in [0.5, 0.6) is 5.75 Å². The van der Waals surface area contributed by atoms with Crippen molar-refractivity contribution in [2.75, 3.05) is 13.2 Å². The van der Waals surface area contributed by atoms with Crippen LogP contribution in [-0.4, -0.2) is 29.2 Å². The van der Waals surface area contributed by atoms with Gasteiger partial charge in [-0.15, -0.1) is 0 Å². The Morgan fingerprint density at radius 1 is 1.10 bits per heavy atom. The minimum Gasteiger partial charge on any atom is -0.492 e. The zero-order valence-corrected chi connectivity index (χ0v) is 16.9. The van der Waals surface area contributed by atoms with Gasteiger partial charge in [0, 0.05) is 11.6 Å². The van der Waals surface area contributed by atoms with Crippen molar-refractivity contribution < 1.29 is 23.1 Å². The number of amides is 2. The number of carbonyl (C=O) groups excluding carboxylic acids is 2. The highest BCUT2D eigenvalue weighted by molar-refractivity contribution is 8.18. The highest BCUT2D eigenvalue weighted by Crippen LogP contribution is 2.33. The second-order valence-electron chi connectivity index (χ2n) is 6.71. The molecular formula is C23H18FNO4S. The summed E-state index contributed by atoms with van der Waals surface area (Å²) in [5.74, 6) is 0.979. The predicted octanol–water partition coefficient (Wildman–Crippen LogP) is 5.51. The van der Waals surface area contributed by atoms with Crippen LogP contribution in [0.15, 0.2) is 70.0 Å². The lowest BCUT2D eigenvalue weighted by Gasteiger charge is -2.13. The molecule has 1 saturated heterocycles. The van der Waals surface area contributed by atoms with E-state index in [0.717, 1.165) is 27.8 Å². The monoisotopic (exact) mass is 423 g/mol. The summed E-state index contributed by atoms with van der Waals surface area (Å²) in [4.78, 5) is 26.3. The largest absolute Gasteiger partial charge is 0.492 e. The second-order valence-corrected chi connectivity index (χ2v) is 7.70. The van der Waals surface area contributed by atoms with Crippen LogP contribution in [0.1, 0.15) is 11.3 Å². The van der Waals surface area contributed by atoms with Crippen LogP contribution in [0.4, 0.5) is 9.18 Å². The highest BCUT2D eigenvalue weighted by Gasteiger charge is 2.35. The molecule has 0 saturated carbocycles. The number of benzene rings is 2. The minimum atomic E-state index is -0.377. The van der Waals surface area contributed by atoms with E-state index in [4.69, 9.17) is 9.15 Å². The number of nitrogens with zero attached hydrogens (tertiary/aromatic N) is 1. The third-order valence-corrected chi connectivity index (χ3v) is 5.38. The van der Waals surface area contributed by atoms with E-state index in [2.05, 4.69) is 0 Å². The molecule has 0 aliphatic carbocycles. The molecule has 30 heavy (non-hydrogen) atoms. The molecule has 2 amide bonds. The van der Waals surface area contributed by atoms with Gasteiger partial charge in [-0.05, 0) is 72.8 Å². The maximum Gasteiger partial charge on any atom is 0.293 e. The van der Waals surface area contributed by atoms with Crippen LogP contribution < -0.4 is 4.74 Å². The van der Waals surface area contributed by atoms with Gasteiger partial charge in [0.2, 0.25) is 0 Å². The summed E-state index contributed by atoms with van der Waals surface area (Å²) in [5.41, 5.74) is 1.79. The maximum atomic E-state index is 13.1. The van der Waals surface area contributed by atoms with Crippen LogP contribution in [0.2, 0.25) is 0 Å². The van der Waals surface area contributed by atoms with E-state index in [1.54, 1.807) is 30.3 Å². The molecule has 1 fully saturated rings. The van der Waals surface area contributed by atoms with Crippen molar-refractivity contribution in [3.63, 3.8) is 0 Å². The number of aryl methyl sites for hydroxylation is 1. The molecule has 2 heterocycles. The van der Waals surface area contributed by atoms with Crippen molar-refractivity contribution in [3.05, 3.63) is 82.7 Å².